The number of hydrogen-bond donors (Lipinski definition) is 1. The summed E-state index contributed by atoms with van der Waals surface area (Å²) >= 11 is 0. The molecule has 2 rings (SSSR count). The molecule has 0 atom stereocenters. The second-order valence-electron chi connectivity index (χ2n) is 4.12. The zero-order valence-electron chi connectivity index (χ0n) is 9.69. The Labute approximate surface area is 101 Å². The number of hydrogen-bond acceptors (Lipinski definition) is 2. The summed E-state index contributed by atoms with van der Waals surface area (Å²) in [5.74, 6) is -0.218. The predicted molar refractivity (Wildman–Crippen MR) is 64.7 cm³/mol. The van der Waals surface area contributed by atoms with Crippen LogP contribution in [0.25, 0.3) is 0 Å². The average Bonchev–Trinajstić information content (AvgIpc) is 2.35. The van der Waals surface area contributed by atoms with Gasteiger partial charge in [-0.2, -0.15) is 0 Å². The zero-order chi connectivity index (χ0) is 12.1. The number of benzene rings is 1. The van der Waals surface area contributed by atoms with Crippen molar-refractivity contribution < 1.29 is 9.59 Å². The largest absolute Gasteiger partial charge is 0.338 e. The first-order chi connectivity index (χ1) is 8.29. The van der Waals surface area contributed by atoms with Crippen molar-refractivity contribution in [3.05, 3.63) is 35.9 Å². The van der Waals surface area contributed by atoms with Crippen molar-refractivity contribution in [3.8, 4) is 0 Å². The van der Waals surface area contributed by atoms with Crippen LogP contribution in [0, 0.1) is 0 Å². The molecule has 0 aliphatic carbocycles. The molecular formula is C13H16N2O2. The maximum absolute atomic E-state index is 12.1. The number of carbonyl (C=O) groups excluding carboxylic acids is 2. The fourth-order valence-corrected chi connectivity index (χ4v) is 1.89. The Morgan fingerprint density at radius 1 is 1.12 bits per heavy atom. The summed E-state index contributed by atoms with van der Waals surface area (Å²) in [5, 5.41) is 2.75. The molecule has 1 aliphatic heterocycles. The van der Waals surface area contributed by atoms with Crippen LogP contribution in [0.15, 0.2) is 30.3 Å². The minimum atomic E-state index is -0.279. The third-order valence-electron chi connectivity index (χ3n) is 2.85. The predicted octanol–water partition coefficient (Wildman–Crippen LogP) is 2.02. The summed E-state index contributed by atoms with van der Waals surface area (Å²) in [4.78, 5) is 25.2. The van der Waals surface area contributed by atoms with Gasteiger partial charge in [0, 0.05) is 18.7 Å². The fourth-order valence-electron chi connectivity index (χ4n) is 1.89. The molecule has 1 heterocycles. The minimum Gasteiger partial charge on any atom is -0.338 e. The van der Waals surface area contributed by atoms with Crippen LogP contribution in [-0.2, 0) is 0 Å². The van der Waals surface area contributed by atoms with Crippen molar-refractivity contribution in [2.75, 3.05) is 13.1 Å². The Morgan fingerprint density at radius 2 is 1.88 bits per heavy atom. The molecule has 1 saturated heterocycles. The van der Waals surface area contributed by atoms with Crippen molar-refractivity contribution in [2.24, 2.45) is 0 Å². The quantitative estimate of drug-likeness (QED) is 0.805. The van der Waals surface area contributed by atoms with Crippen LogP contribution in [0.3, 0.4) is 0 Å². The molecule has 1 aromatic rings. The third kappa shape index (κ3) is 2.84. The number of urea groups is 1. The molecule has 1 aromatic carbocycles. The normalized spacial score (nSPS) is 16.9. The molecule has 0 saturated carbocycles. The van der Waals surface area contributed by atoms with E-state index in [4.69, 9.17) is 0 Å². The van der Waals surface area contributed by atoms with Crippen LogP contribution >= 0.6 is 0 Å². The molecule has 0 radical (unpaired) electrons. The number of carbonyl (C=O) groups is 2. The van der Waals surface area contributed by atoms with Gasteiger partial charge in [0.1, 0.15) is 0 Å². The van der Waals surface area contributed by atoms with E-state index in [-0.39, 0.29) is 11.9 Å². The number of nitrogens with one attached hydrogen (secondary N) is 1. The van der Waals surface area contributed by atoms with E-state index < -0.39 is 0 Å². The summed E-state index contributed by atoms with van der Waals surface area (Å²) in [7, 11) is 0. The van der Waals surface area contributed by atoms with Gasteiger partial charge < -0.3 is 5.32 Å². The van der Waals surface area contributed by atoms with E-state index in [0.29, 0.717) is 18.7 Å². The Balaban J connectivity index is 2.13. The van der Waals surface area contributed by atoms with E-state index in [1.54, 1.807) is 24.3 Å². The second kappa shape index (κ2) is 5.48. The minimum absolute atomic E-state index is 0.218. The summed E-state index contributed by atoms with van der Waals surface area (Å²) in [6, 6.07) is 8.64. The molecule has 1 N–H and O–H groups in total. The number of amides is 3. The molecule has 0 aromatic heterocycles. The van der Waals surface area contributed by atoms with Gasteiger partial charge in [0.15, 0.2) is 0 Å². The highest BCUT2D eigenvalue weighted by Gasteiger charge is 2.22. The topological polar surface area (TPSA) is 49.4 Å². The Morgan fingerprint density at radius 3 is 2.65 bits per heavy atom. The van der Waals surface area contributed by atoms with E-state index in [9.17, 15) is 9.59 Å². The van der Waals surface area contributed by atoms with Crippen LogP contribution in [0.2, 0.25) is 0 Å². The second-order valence-corrected chi connectivity index (χ2v) is 4.12. The molecule has 0 bridgehead atoms. The van der Waals surface area contributed by atoms with Crippen LogP contribution in [0.1, 0.15) is 29.6 Å². The lowest BCUT2D eigenvalue weighted by Gasteiger charge is -2.23. The molecule has 4 heteroatoms. The first-order valence-electron chi connectivity index (χ1n) is 5.94. The van der Waals surface area contributed by atoms with Gasteiger partial charge in [-0.25, -0.2) is 4.79 Å². The zero-order valence-corrected chi connectivity index (χ0v) is 9.69. The standard InChI is InChI=1S/C13H16N2O2/c16-12(11-7-3-1-4-8-11)15-10-6-2-5-9-14-13(15)17/h1,3-4,7-8H,2,5-6,9-10H2,(H,14,17). The van der Waals surface area contributed by atoms with Crippen LogP contribution < -0.4 is 5.32 Å². The molecule has 0 spiro atoms. The van der Waals surface area contributed by atoms with E-state index >= 15 is 0 Å². The highest BCUT2D eigenvalue weighted by atomic mass is 16.2. The Bertz CT molecular complexity index is 403. The van der Waals surface area contributed by atoms with E-state index in [1.165, 1.54) is 4.90 Å². The van der Waals surface area contributed by atoms with E-state index in [2.05, 4.69) is 5.32 Å². The van der Waals surface area contributed by atoms with Gasteiger partial charge in [-0.15, -0.1) is 0 Å². The molecule has 4 nitrogen and oxygen atoms in total. The van der Waals surface area contributed by atoms with Crippen LogP contribution in [-0.4, -0.2) is 29.9 Å². The number of imide groups is 1. The summed E-state index contributed by atoms with van der Waals surface area (Å²) in [5.41, 5.74) is 0.559. The van der Waals surface area contributed by atoms with Crippen molar-refractivity contribution in [3.63, 3.8) is 0 Å². The lowest BCUT2D eigenvalue weighted by atomic mass is 10.1. The first kappa shape index (κ1) is 11.6. The van der Waals surface area contributed by atoms with Crippen molar-refractivity contribution in [1.82, 2.24) is 10.2 Å². The SMILES string of the molecule is O=C1NCCCCCN1C(=O)c1ccccc1. The summed E-state index contributed by atoms with van der Waals surface area (Å²) in [6.45, 7) is 1.15. The maximum Gasteiger partial charge on any atom is 0.324 e. The van der Waals surface area contributed by atoms with Gasteiger partial charge in [0.05, 0.1) is 0 Å². The van der Waals surface area contributed by atoms with Gasteiger partial charge in [-0.3, -0.25) is 9.69 Å². The van der Waals surface area contributed by atoms with Crippen molar-refractivity contribution in [1.29, 1.82) is 0 Å². The number of nitrogens with zero attached hydrogens (tertiary/aromatic N) is 1. The first-order valence-corrected chi connectivity index (χ1v) is 5.94. The highest BCUT2D eigenvalue weighted by Crippen LogP contribution is 2.09. The van der Waals surface area contributed by atoms with Crippen LogP contribution in [0.5, 0.6) is 0 Å². The smallest absolute Gasteiger partial charge is 0.324 e. The Hall–Kier alpha value is -1.84. The fraction of sp³-hybridized carbons (Fsp3) is 0.385. The van der Waals surface area contributed by atoms with E-state index in [0.717, 1.165) is 19.3 Å². The molecule has 17 heavy (non-hydrogen) atoms. The molecular weight excluding hydrogens is 216 g/mol. The highest BCUT2D eigenvalue weighted by molar-refractivity contribution is 6.04. The monoisotopic (exact) mass is 232 g/mol. The van der Waals surface area contributed by atoms with Gasteiger partial charge in [-0.05, 0) is 31.4 Å². The molecule has 3 amide bonds. The van der Waals surface area contributed by atoms with Gasteiger partial charge in [0.25, 0.3) is 5.91 Å². The van der Waals surface area contributed by atoms with Crippen molar-refractivity contribution >= 4 is 11.9 Å². The summed E-state index contributed by atoms with van der Waals surface area (Å²) < 4.78 is 0. The maximum atomic E-state index is 12.1. The van der Waals surface area contributed by atoms with Crippen molar-refractivity contribution in [2.45, 2.75) is 19.3 Å². The van der Waals surface area contributed by atoms with E-state index in [1.807, 2.05) is 6.07 Å². The molecule has 0 unspecified atom stereocenters. The lowest BCUT2D eigenvalue weighted by Crippen LogP contribution is -2.45. The summed E-state index contributed by atoms with van der Waals surface area (Å²) in [6.07, 6.45) is 2.91. The van der Waals surface area contributed by atoms with Gasteiger partial charge >= 0.3 is 6.03 Å². The molecule has 1 aliphatic rings. The molecule has 90 valence electrons. The lowest BCUT2D eigenvalue weighted by molar-refractivity contribution is 0.0793. The van der Waals surface area contributed by atoms with Gasteiger partial charge in [-0.1, -0.05) is 18.2 Å². The Kier molecular flexibility index (Phi) is 3.75. The third-order valence-corrected chi connectivity index (χ3v) is 2.85. The number of rotatable bonds is 1. The average molecular weight is 232 g/mol. The van der Waals surface area contributed by atoms with Gasteiger partial charge in [0.2, 0.25) is 0 Å². The molecule has 1 fully saturated rings. The van der Waals surface area contributed by atoms with Crippen LogP contribution in [0.4, 0.5) is 4.79 Å².